The number of hydrogen-bond acceptors (Lipinski definition) is 4. The SMILES string of the molecule is O=CC1(O)CC=C(O)C=C1O. The van der Waals surface area contributed by atoms with E-state index < -0.39 is 11.4 Å². The normalized spacial score (nSPS) is 30.6. The van der Waals surface area contributed by atoms with Crippen molar-refractivity contribution in [1.82, 2.24) is 0 Å². The van der Waals surface area contributed by atoms with Crippen LogP contribution < -0.4 is 0 Å². The molecular weight excluding hydrogens is 148 g/mol. The molecule has 3 N–H and O–H groups in total. The zero-order valence-electron chi connectivity index (χ0n) is 5.69. The van der Waals surface area contributed by atoms with E-state index in [-0.39, 0.29) is 18.5 Å². The van der Waals surface area contributed by atoms with E-state index in [0.29, 0.717) is 0 Å². The van der Waals surface area contributed by atoms with E-state index in [1.807, 2.05) is 0 Å². The molecule has 0 aromatic heterocycles. The number of aliphatic hydroxyl groups is 3. The molecule has 0 aromatic carbocycles. The summed E-state index contributed by atoms with van der Waals surface area (Å²) in [6.45, 7) is 0. The van der Waals surface area contributed by atoms with E-state index in [0.717, 1.165) is 6.08 Å². The third-order valence-corrected chi connectivity index (χ3v) is 1.55. The van der Waals surface area contributed by atoms with Gasteiger partial charge in [-0.05, 0) is 6.08 Å². The molecule has 0 amide bonds. The molecule has 1 rings (SSSR count). The van der Waals surface area contributed by atoms with E-state index >= 15 is 0 Å². The topological polar surface area (TPSA) is 77.8 Å². The van der Waals surface area contributed by atoms with Crippen molar-refractivity contribution in [2.75, 3.05) is 0 Å². The highest BCUT2D eigenvalue weighted by Crippen LogP contribution is 2.23. The van der Waals surface area contributed by atoms with Crippen LogP contribution in [0.4, 0.5) is 0 Å². The summed E-state index contributed by atoms with van der Waals surface area (Å²) in [6.07, 6.45) is 2.35. The van der Waals surface area contributed by atoms with Gasteiger partial charge >= 0.3 is 0 Å². The van der Waals surface area contributed by atoms with Gasteiger partial charge in [-0.15, -0.1) is 0 Å². The molecule has 1 aliphatic carbocycles. The Balaban J connectivity index is 2.96. The van der Waals surface area contributed by atoms with Crippen LogP contribution in [0.15, 0.2) is 23.7 Å². The van der Waals surface area contributed by atoms with E-state index in [2.05, 4.69) is 0 Å². The van der Waals surface area contributed by atoms with Gasteiger partial charge in [-0.3, -0.25) is 4.79 Å². The summed E-state index contributed by atoms with van der Waals surface area (Å²) in [5, 5.41) is 27.0. The first kappa shape index (κ1) is 7.81. The highest BCUT2D eigenvalue weighted by molar-refractivity contribution is 5.68. The van der Waals surface area contributed by atoms with Crippen LogP contribution in [0.2, 0.25) is 0 Å². The molecule has 0 heterocycles. The van der Waals surface area contributed by atoms with Crippen molar-refractivity contribution in [2.24, 2.45) is 0 Å². The first-order valence-corrected chi connectivity index (χ1v) is 3.07. The monoisotopic (exact) mass is 156 g/mol. The summed E-state index contributed by atoms with van der Waals surface area (Å²) in [5.74, 6) is -0.665. The smallest absolute Gasteiger partial charge is 0.180 e. The number of aldehydes is 1. The van der Waals surface area contributed by atoms with Gasteiger partial charge in [0.15, 0.2) is 11.9 Å². The van der Waals surface area contributed by atoms with Crippen molar-refractivity contribution in [2.45, 2.75) is 12.0 Å². The maximum absolute atomic E-state index is 10.2. The third kappa shape index (κ3) is 1.25. The Bertz CT molecular complexity index is 241. The largest absolute Gasteiger partial charge is 0.509 e. The molecule has 60 valence electrons. The van der Waals surface area contributed by atoms with Crippen LogP contribution in [0.1, 0.15) is 6.42 Å². The van der Waals surface area contributed by atoms with E-state index in [4.69, 9.17) is 10.2 Å². The average Bonchev–Trinajstić information content (AvgIpc) is 1.98. The van der Waals surface area contributed by atoms with Crippen molar-refractivity contribution in [1.29, 1.82) is 0 Å². The second-order valence-electron chi connectivity index (χ2n) is 2.40. The Morgan fingerprint density at radius 1 is 1.55 bits per heavy atom. The third-order valence-electron chi connectivity index (χ3n) is 1.55. The lowest BCUT2D eigenvalue weighted by Gasteiger charge is -2.21. The molecule has 1 unspecified atom stereocenters. The van der Waals surface area contributed by atoms with E-state index in [9.17, 15) is 9.90 Å². The van der Waals surface area contributed by atoms with Gasteiger partial charge < -0.3 is 15.3 Å². The van der Waals surface area contributed by atoms with Crippen LogP contribution >= 0.6 is 0 Å². The standard InChI is InChI=1S/C7H8O4/c8-4-7(11)2-1-5(9)3-6(7)10/h1,3-4,9-11H,2H2. The molecule has 11 heavy (non-hydrogen) atoms. The summed E-state index contributed by atoms with van der Waals surface area (Å²) in [5.41, 5.74) is -1.84. The molecule has 0 spiro atoms. The number of allylic oxidation sites excluding steroid dienone is 1. The van der Waals surface area contributed by atoms with E-state index in [1.165, 1.54) is 6.08 Å². The second kappa shape index (κ2) is 2.39. The van der Waals surface area contributed by atoms with Crippen molar-refractivity contribution in [3.8, 4) is 0 Å². The molecule has 0 saturated carbocycles. The van der Waals surface area contributed by atoms with Gasteiger partial charge in [-0.1, -0.05) is 0 Å². The highest BCUT2D eigenvalue weighted by Gasteiger charge is 2.33. The van der Waals surface area contributed by atoms with Crippen molar-refractivity contribution >= 4 is 6.29 Å². The van der Waals surface area contributed by atoms with Gasteiger partial charge in [0.2, 0.25) is 0 Å². The number of aliphatic hydroxyl groups excluding tert-OH is 2. The lowest BCUT2D eigenvalue weighted by atomic mass is 9.94. The van der Waals surface area contributed by atoms with Crippen LogP contribution in [0.3, 0.4) is 0 Å². The van der Waals surface area contributed by atoms with Crippen LogP contribution in [0.25, 0.3) is 0 Å². The first-order chi connectivity index (χ1) is 5.08. The lowest BCUT2D eigenvalue weighted by molar-refractivity contribution is -0.123. The quantitative estimate of drug-likeness (QED) is 0.474. The molecule has 1 aliphatic rings. The average molecular weight is 156 g/mol. The van der Waals surface area contributed by atoms with Gasteiger partial charge in [0.1, 0.15) is 11.5 Å². The van der Waals surface area contributed by atoms with Crippen LogP contribution in [-0.4, -0.2) is 27.2 Å². The number of rotatable bonds is 1. The van der Waals surface area contributed by atoms with Gasteiger partial charge in [-0.2, -0.15) is 0 Å². The number of hydrogen-bond donors (Lipinski definition) is 3. The Kier molecular flexibility index (Phi) is 1.70. The Morgan fingerprint density at radius 2 is 2.18 bits per heavy atom. The van der Waals surface area contributed by atoms with Gasteiger partial charge in [0.05, 0.1) is 0 Å². The first-order valence-electron chi connectivity index (χ1n) is 3.07. The Labute approximate surface area is 63.1 Å². The lowest BCUT2D eigenvalue weighted by Crippen LogP contribution is -2.34. The molecule has 4 heteroatoms. The van der Waals surface area contributed by atoms with Crippen LogP contribution in [-0.2, 0) is 4.79 Å². The zero-order valence-corrected chi connectivity index (χ0v) is 5.69. The van der Waals surface area contributed by atoms with Crippen LogP contribution in [0, 0.1) is 0 Å². The molecule has 0 radical (unpaired) electrons. The van der Waals surface area contributed by atoms with E-state index in [1.54, 1.807) is 0 Å². The van der Waals surface area contributed by atoms with Gasteiger partial charge in [-0.25, -0.2) is 0 Å². The molecule has 0 aliphatic heterocycles. The minimum absolute atomic E-state index is 0.0926. The highest BCUT2D eigenvalue weighted by atomic mass is 16.3. The summed E-state index contributed by atoms with van der Waals surface area (Å²) >= 11 is 0. The predicted octanol–water partition coefficient (Wildman–Crippen LogP) is 0.204. The molecule has 0 bridgehead atoms. The van der Waals surface area contributed by atoms with Crippen LogP contribution in [0.5, 0.6) is 0 Å². The van der Waals surface area contributed by atoms with Crippen molar-refractivity contribution in [3.05, 3.63) is 23.7 Å². The van der Waals surface area contributed by atoms with Gasteiger partial charge in [0, 0.05) is 12.5 Å². The fourth-order valence-electron chi connectivity index (χ4n) is 0.797. The summed E-state index contributed by atoms with van der Waals surface area (Å²) in [7, 11) is 0. The fraction of sp³-hybridized carbons (Fsp3) is 0.286. The minimum atomic E-state index is -1.84. The minimum Gasteiger partial charge on any atom is -0.509 e. The summed E-state index contributed by atoms with van der Waals surface area (Å²) < 4.78 is 0. The summed E-state index contributed by atoms with van der Waals surface area (Å²) in [4.78, 5) is 10.2. The Morgan fingerprint density at radius 3 is 2.64 bits per heavy atom. The van der Waals surface area contributed by atoms with Crippen molar-refractivity contribution in [3.63, 3.8) is 0 Å². The molecule has 0 aromatic rings. The van der Waals surface area contributed by atoms with Crippen molar-refractivity contribution < 1.29 is 20.1 Å². The molecule has 4 nitrogen and oxygen atoms in total. The Hall–Kier alpha value is -1.29. The maximum atomic E-state index is 10.2. The molecule has 1 atom stereocenters. The summed E-state index contributed by atoms with van der Waals surface area (Å²) in [6, 6.07) is 0. The van der Waals surface area contributed by atoms with Gasteiger partial charge in [0.25, 0.3) is 0 Å². The maximum Gasteiger partial charge on any atom is 0.180 e. The zero-order chi connectivity index (χ0) is 8.48. The molecule has 0 fully saturated rings. The second-order valence-corrected chi connectivity index (χ2v) is 2.40. The number of carbonyl (C=O) groups excluding carboxylic acids is 1. The molecular formula is C7H8O4. The molecule has 0 saturated heterocycles. The number of carbonyl (C=O) groups is 1. The predicted molar refractivity (Wildman–Crippen MR) is 37.1 cm³/mol. The fourth-order valence-corrected chi connectivity index (χ4v) is 0.797.